The van der Waals surface area contributed by atoms with Gasteiger partial charge in [0.05, 0.1) is 4.92 Å². The minimum atomic E-state index is -0.432. The molecule has 1 unspecified atom stereocenters. The van der Waals surface area contributed by atoms with Gasteiger partial charge in [0, 0.05) is 29.7 Å². The van der Waals surface area contributed by atoms with Gasteiger partial charge in [-0.2, -0.15) is 4.98 Å². The van der Waals surface area contributed by atoms with Crippen molar-refractivity contribution >= 4 is 5.69 Å². The minimum Gasteiger partial charge on any atom is -0.334 e. The number of aromatic nitrogens is 2. The van der Waals surface area contributed by atoms with Gasteiger partial charge in [0.2, 0.25) is 0 Å². The molecule has 2 aromatic rings. The molecular formula is C12H14N4O3. The van der Waals surface area contributed by atoms with Crippen molar-refractivity contribution in [3.63, 3.8) is 0 Å². The second kappa shape index (κ2) is 5.15. The summed E-state index contributed by atoms with van der Waals surface area (Å²) in [6, 6.07) is 4.80. The summed E-state index contributed by atoms with van der Waals surface area (Å²) in [7, 11) is 0. The first kappa shape index (κ1) is 13.2. The third-order valence-corrected chi connectivity index (χ3v) is 2.89. The Morgan fingerprint density at radius 2 is 2.26 bits per heavy atom. The Labute approximate surface area is 109 Å². The summed E-state index contributed by atoms with van der Waals surface area (Å²) in [4.78, 5) is 14.7. The number of nitro benzene ring substituents is 1. The van der Waals surface area contributed by atoms with Crippen LogP contribution in [0, 0.1) is 17.0 Å². The highest BCUT2D eigenvalue weighted by atomic mass is 16.6. The molecule has 0 saturated heterocycles. The van der Waals surface area contributed by atoms with E-state index < -0.39 is 4.92 Å². The van der Waals surface area contributed by atoms with Crippen LogP contribution in [0.5, 0.6) is 0 Å². The molecule has 0 saturated carbocycles. The van der Waals surface area contributed by atoms with Gasteiger partial charge >= 0.3 is 0 Å². The summed E-state index contributed by atoms with van der Waals surface area (Å²) in [6.07, 6.45) is 0. The fraction of sp³-hybridized carbons (Fsp3) is 0.333. The number of benzene rings is 1. The molecule has 0 aliphatic heterocycles. The molecule has 0 spiro atoms. The molecule has 1 aromatic carbocycles. The van der Waals surface area contributed by atoms with E-state index in [9.17, 15) is 10.1 Å². The van der Waals surface area contributed by atoms with Gasteiger partial charge in [0.1, 0.15) is 0 Å². The van der Waals surface area contributed by atoms with E-state index in [1.54, 1.807) is 19.1 Å². The van der Waals surface area contributed by atoms with Crippen LogP contribution >= 0.6 is 0 Å². The molecule has 1 aromatic heterocycles. The fourth-order valence-electron chi connectivity index (χ4n) is 1.60. The van der Waals surface area contributed by atoms with Crippen LogP contribution in [0.2, 0.25) is 0 Å². The van der Waals surface area contributed by atoms with E-state index in [0.29, 0.717) is 23.5 Å². The van der Waals surface area contributed by atoms with Crippen molar-refractivity contribution in [1.82, 2.24) is 10.1 Å². The van der Waals surface area contributed by atoms with Gasteiger partial charge in [-0.15, -0.1) is 0 Å². The predicted molar refractivity (Wildman–Crippen MR) is 68.6 cm³/mol. The zero-order valence-corrected chi connectivity index (χ0v) is 10.7. The Bertz CT molecular complexity index is 609. The summed E-state index contributed by atoms with van der Waals surface area (Å²) >= 11 is 0. The van der Waals surface area contributed by atoms with E-state index in [2.05, 4.69) is 10.1 Å². The SMILES string of the molecule is Cc1ccc(-c2nc(C(C)CN)no2)cc1[N+](=O)[O-]. The molecular weight excluding hydrogens is 248 g/mol. The van der Waals surface area contributed by atoms with E-state index in [-0.39, 0.29) is 17.5 Å². The molecule has 0 aliphatic carbocycles. The van der Waals surface area contributed by atoms with E-state index in [1.165, 1.54) is 6.07 Å². The Hall–Kier alpha value is -2.28. The van der Waals surface area contributed by atoms with Crippen molar-refractivity contribution in [2.45, 2.75) is 19.8 Å². The Morgan fingerprint density at radius 3 is 2.89 bits per heavy atom. The highest BCUT2D eigenvalue weighted by Gasteiger charge is 2.17. The predicted octanol–water partition coefficient (Wildman–Crippen LogP) is 2.02. The van der Waals surface area contributed by atoms with E-state index in [4.69, 9.17) is 10.3 Å². The standard InChI is InChI=1S/C12H14N4O3/c1-7-3-4-9(5-10(7)16(17)18)12-14-11(15-19-12)8(2)6-13/h3-5,8H,6,13H2,1-2H3. The molecule has 0 amide bonds. The van der Waals surface area contributed by atoms with Gasteiger partial charge < -0.3 is 10.3 Å². The topological polar surface area (TPSA) is 108 Å². The normalized spacial score (nSPS) is 12.4. The molecule has 7 nitrogen and oxygen atoms in total. The van der Waals surface area contributed by atoms with Crippen LogP contribution in [0.3, 0.4) is 0 Å². The van der Waals surface area contributed by atoms with Gasteiger partial charge in [0.15, 0.2) is 5.82 Å². The fourth-order valence-corrected chi connectivity index (χ4v) is 1.60. The van der Waals surface area contributed by atoms with Gasteiger partial charge in [0.25, 0.3) is 11.6 Å². The van der Waals surface area contributed by atoms with Crippen molar-refractivity contribution in [3.05, 3.63) is 39.7 Å². The maximum Gasteiger partial charge on any atom is 0.273 e. The lowest BCUT2D eigenvalue weighted by Gasteiger charge is -2.00. The molecule has 19 heavy (non-hydrogen) atoms. The zero-order valence-electron chi connectivity index (χ0n) is 10.7. The molecule has 1 atom stereocenters. The number of nitrogens with zero attached hydrogens (tertiary/aromatic N) is 3. The van der Waals surface area contributed by atoms with Crippen molar-refractivity contribution < 1.29 is 9.45 Å². The summed E-state index contributed by atoms with van der Waals surface area (Å²) in [6.45, 7) is 3.97. The van der Waals surface area contributed by atoms with Crippen LogP contribution < -0.4 is 5.73 Å². The van der Waals surface area contributed by atoms with Crippen LogP contribution in [0.1, 0.15) is 24.2 Å². The molecule has 2 rings (SSSR count). The van der Waals surface area contributed by atoms with Crippen molar-refractivity contribution in [2.75, 3.05) is 6.54 Å². The summed E-state index contributed by atoms with van der Waals surface area (Å²) in [5, 5.41) is 14.7. The molecule has 0 radical (unpaired) electrons. The molecule has 1 heterocycles. The monoisotopic (exact) mass is 262 g/mol. The lowest BCUT2D eigenvalue weighted by Crippen LogP contribution is -2.10. The van der Waals surface area contributed by atoms with Crippen LogP contribution in [0.15, 0.2) is 22.7 Å². The third kappa shape index (κ3) is 2.60. The van der Waals surface area contributed by atoms with Crippen LogP contribution in [-0.2, 0) is 0 Å². The van der Waals surface area contributed by atoms with Crippen molar-refractivity contribution in [2.24, 2.45) is 5.73 Å². The molecule has 2 N–H and O–H groups in total. The number of hydrogen-bond acceptors (Lipinski definition) is 6. The lowest BCUT2D eigenvalue weighted by molar-refractivity contribution is -0.385. The van der Waals surface area contributed by atoms with E-state index in [0.717, 1.165) is 0 Å². The van der Waals surface area contributed by atoms with E-state index >= 15 is 0 Å². The molecule has 0 fully saturated rings. The van der Waals surface area contributed by atoms with Gasteiger partial charge in [-0.1, -0.05) is 18.1 Å². The summed E-state index contributed by atoms with van der Waals surface area (Å²) in [5.74, 6) is 0.747. The Balaban J connectivity index is 2.39. The van der Waals surface area contributed by atoms with Gasteiger partial charge in [-0.25, -0.2) is 0 Å². The second-order valence-corrected chi connectivity index (χ2v) is 4.35. The number of nitrogens with two attached hydrogens (primary N) is 1. The molecule has 0 bridgehead atoms. The zero-order chi connectivity index (χ0) is 14.0. The number of hydrogen-bond donors (Lipinski definition) is 1. The summed E-state index contributed by atoms with van der Waals surface area (Å²) in [5.41, 5.74) is 6.67. The van der Waals surface area contributed by atoms with Crippen LogP contribution in [0.4, 0.5) is 5.69 Å². The maximum atomic E-state index is 10.9. The Kier molecular flexibility index (Phi) is 3.57. The highest BCUT2D eigenvalue weighted by molar-refractivity contribution is 5.59. The molecule has 7 heteroatoms. The number of aryl methyl sites for hydroxylation is 1. The number of nitro groups is 1. The van der Waals surface area contributed by atoms with E-state index in [1.807, 2.05) is 6.92 Å². The Morgan fingerprint density at radius 1 is 1.53 bits per heavy atom. The first-order valence-corrected chi connectivity index (χ1v) is 5.82. The first-order valence-electron chi connectivity index (χ1n) is 5.82. The van der Waals surface area contributed by atoms with Gasteiger partial charge in [-0.05, 0) is 13.0 Å². The third-order valence-electron chi connectivity index (χ3n) is 2.89. The average Bonchev–Trinajstić information content (AvgIpc) is 2.87. The quantitative estimate of drug-likeness (QED) is 0.667. The molecule has 0 aliphatic rings. The smallest absolute Gasteiger partial charge is 0.273 e. The largest absolute Gasteiger partial charge is 0.334 e. The van der Waals surface area contributed by atoms with Gasteiger partial charge in [-0.3, -0.25) is 10.1 Å². The second-order valence-electron chi connectivity index (χ2n) is 4.35. The average molecular weight is 262 g/mol. The highest BCUT2D eigenvalue weighted by Crippen LogP contribution is 2.26. The molecule has 100 valence electrons. The van der Waals surface area contributed by atoms with Crippen molar-refractivity contribution in [1.29, 1.82) is 0 Å². The van der Waals surface area contributed by atoms with Crippen molar-refractivity contribution in [3.8, 4) is 11.5 Å². The minimum absolute atomic E-state index is 0.0158. The maximum absolute atomic E-state index is 10.9. The van der Waals surface area contributed by atoms with Crippen LogP contribution in [-0.4, -0.2) is 21.6 Å². The lowest BCUT2D eigenvalue weighted by atomic mass is 10.1. The summed E-state index contributed by atoms with van der Waals surface area (Å²) < 4.78 is 5.11. The van der Waals surface area contributed by atoms with Crippen LogP contribution in [0.25, 0.3) is 11.5 Å². The first-order chi connectivity index (χ1) is 9.02. The number of rotatable bonds is 4.